The van der Waals surface area contributed by atoms with Crippen molar-refractivity contribution in [2.45, 2.75) is 58.2 Å². The maximum absolute atomic E-state index is 13.5. The number of carbonyl (C=O) groups excluding carboxylic acids is 2. The van der Waals surface area contributed by atoms with Gasteiger partial charge in [-0.2, -0.15) is 0 Å². The molecule has 3 aliphatic rings. The molecular weight excluding hydrogens is 518 g/mol. The zero-order chi connectivity index (χ0) is 28.7. The SMILES string of the molecule is COCOc1cc(OCCN2CCOCC2)cc2c1C(=O)O[C@@H](C)C(C)/C=C\C(=O)[C@H]1OC(C)(C)O[C@H]1CC=C2. The number of ketones is 1. The Morgan fingerprint density at radius 3 is 2.58 bits per heavy atom. The maximum atomic E-state index is 13.5. The third-order valence-electron chi connectivity index (χ3n) is 7.15. The number of cyclic esters (lactones) is 1. The molecule has 10 nitrogen and oxygen atoms in total. The Morgan fingerprint density at radius 1 is 1.05 bits per heavy atom. The second-order valence-corrected chi connectivity index (χ2v) is 10.7. The van der Waals surface area contributed by atoms with Gasteiger partial charge in [-0.1, -0.05) is 25.2 Å². The molecule has 1 aromatic carbocycles. The monoisotopic (exact) mass is 559 g/mol. The summed E-state index contributed by atoms with van der Waals surface area (Å²) >= 11 is 0. The number of ether oxygens (including phenoxy) is 7. The van der Waals surface area contributed by atoms with E-state index in [0.717, 1.165) is 19.6 Å². The first-order valence-electron chi connectivity index (χ1n) is 13.8. The van der Waals surface area contributed by atoms with Crippen molar-refractivity contribution in [2.24, 2.45) is 5.92 Å². The van der Waals surface area contributed by atoms with E-state index < -0.39 is 30.1 Å². The van der Waals surface area contributed by atoms with Crippen molar-refractivity contribution >= 4 is 17.8 Å². The molecule has 2 fully saturated rings. The molecule has 0 N–H and O–H groups in total. The lowest BCUT2D eigenvalue weighted by atomic mass is 9.99. The second-order valence-electron chi connectivity index (χ2n) is 10.7. The highest BCUT2D eigenvalue weighted by Gasteiger charge is 2.43. The van der Waals surface area contributed by atoms with Crippen molar-refractivity contribution < 1.29 is 42.7 Å². The third-order valence-corrected chi connectivity index (χ3v) is 7.15. The van der Waals surface area contributed by atoms with Crippen LogP contribution in [0, 0.1) is 5.92 Å². The van der Waals surface area contributed by atoms with Gasteiger partial charge in [0.15, 0.2) is 18.4 Å². The summed E-state index contributed by atoms with van der Waals surface area (Å²) in [6.45, 7) is 11.6. The Balaban J connectivity index is 1.66. The molecule has 0 radical (unpaired) electrons. The molecule has 3 aliphatic heterocycles. The van der Waals surface area contributed by atoms with Crippen LogP contribution in [0.4, 0.5) is 0 Å². The van der Waals surface area contributed by atoms with Crippen molar-refractivity contribution in [3.63, 3.8) is 0 Å². The van der Waals surface area contributed by atoms with E-state index in [-0.39, 0.29) is 24.1 Å². The fourth-order valence-electron chi connectivity index (χ4n) is 4.81. The van der Waals surface area contributed by atoms with Gasteiger partial charge < -0.3 is 33.2 Å². The number of hydrogen-bond acceptors (Lipinski definition) is 10. The molecule has 4 atom stereocenters. The maximum Gasteiger partial charge on any atom is 0.342 e. The second kappa shape index (κ2) is 13.7. The number of rotatable bonds is 7. The fourth-order valence-corrected chi connectivity index (χ4v) is 4.81. The van der Waals surface area contributed by atoms with E-state index in [1.165, 1.54) is 13.2 Å². The van der Waals surface area contributed by atoms with Crippen LogP contribution in [0.15, 0.2) is 30.4 Å². The molecule has 1 aromatic rings. The van der Waals surface area contributed by atoms with E-state index in [2.05, 4.69) is 4.90 Å². The number of carbonyl (C=O) groups is 2. The largest absolute Gasteiger partial charge is 0.492 e. The Labute approximate surface area is 236 Å². The van der Waals surface area contributed by atoms with E-state index in [0.29, 0.717) is 43.3 Å². The number of hydrogen-bond donors (Lipinski definition) is 0. The first-order valence-corrected chi connectivity index (χ1v) is 13.8. The van der Waals surface area contributed by atoms with Crippen molar-refractivity contribution in [2.75, 3.05) is 53.4 Å². The average molecular weight is 560 g/mol. The Kier molecular flexibility index (Phi) is 10.4. The normalized spacial score (nSPS) is 28.2. The molecular formula is C30H41NO9. The number of morpholine rings is 1. The zero-order valence-electron chi connectivity index (χ0n) is 24.1. The molecule has 2 saturated heterocycles. The number of benzene rings is 1. The van der Waals surface area contributed by atoms with Gasteiger partial charge in [0, 0.05) is 38.7 Å². The van der Waals surface area contributed by atoms with Crippen molar-refractivity contribution in [3.8, 4) is 11.5 Å². The molecule has 4 rings (SSSR count). The predicted octanol–water partition coefficient (Wildman–Crippen LogP) is 3.62. The van der Waals surface area contributed by atoms with E-state index >= 15 is 0 Å². The fraction of sp³-hybridized carbons (Fsp3) is 0.600. The predicted molar refractivity (Wildman–Crippen MR) is 147 cm³/mol. The third kappa shape index (κ3) is 7.92. The van der Waals surface area contributed by atoms with Gasteiger partial charge in [0.2, 0.25) is 0 Å². The number of methoxy groups -OCH3 is 1. The number of esters is 1. The highest BCUT2D eigenvalue weighted by atomic mass is 16.8. The zero-order valence-corrected chi connectivity index (χ0v) is 24.1. The Morgan fingerprint density at radius 2 is 1.82 bits per heavy atom. The van der Waals surface area contributed by atoms with E-state index in [4.69, 9.17) is 33.2 Å². The Hall–Kier alpha value is -2.76. The molecule has 0 amide bonds. The Bertz CT molecular complexity index is 1090. The summed E-state index contributed by atoms with van der Waals surface area (Å²) in [5.74, 6) is -0.990. The van der Waals surface area contributed by atoms with Gasteiger partial charge in [0.25, 0.3) is 0 Å². The minimum Gasteiger partial charge on any atom is -0.492 e. The average Bonchev–Trinajstić information content (AvgIpc) is 3.24. The first-order chi connectivity index (χ1) is 19.2. The summed E-state index contributed by atoms with van der Waals surface area (Å²) in [6.07, 6.45) is 5.56. The first kappa shape index (κ1) is 30.2. The molecule has 0 aliphatic carbocycles. The molecule has 0 spiro atoms. The smallest absolute Gasteiger partial charge is 0.342 e. The van der Waals surface area contributed by atoms with E-state index in [1.807, 2.05) is 13.0 Å². The van der Waals surface area contributed by atoms with Gasteiger partial charge in [-0.15, -0.1) is 0 Å². The highest BCUT2D eigenvalue weighted by molar-refractivity contribution is 5.97. The van der Waals surface area contributed by atoms with Crippen LogP contribution in [0.3, 0.4) is 0 Å². The lowest BCUT2D eigenvalue weighted by Gasteiger charge is -2.26. The molecule has 0 bridgehead atoms. The standard InChI is InChI=1S/C30H41NO9/c1-20-9-10-24(32)28-25(39-30(3,4)40-28)8-6-7-22-17-23(36-16-13-31-11-14-35-15-12-31)18-26(37-19-34-5)27(22)29(33)38-21(20)2/h6-7,9-10,17-18,20-21,25,28H,8,11-16,19H2,1-5H3/b7-6?,10-9-/t20?,21-,25-,28+/m0/s1. The molecule has 220 valence electrons. The quantitative estimate of drug-likeness (QED) is 0.364. The summed E-state index contributed by atoms with van der Waals surface area (Å²) < 4.78 is 40.3. The van der Waals surface area contributed by atoms with Crippen LogP contribution in [-0.4, -0.2) is 94.1 Å². The molecule has 10 heteroatoms. The minimum absolute atomic E-state index is 0.0541. The topological polar surface area (TPSA) is 102 Å². The van der Waals surface area contributed by atoms with Crippen molar-refractivity contribution in [1.29, 1.82) is 0 Å². The van der Waals surface area contributed by atoms with Gasteiger partial charge in [0.05, 0.1) is 19.3 Å². The van der Waals surface area contributed by atoms with Crippen LogP contribution in [-0.2, 0) is 28.5 Å². The van der Waals surface area contributed by atoms with Gasteiger partial charge in [-0.25, -0.2) is 4.79 Å². The van der Waals surface area contributed by atoms with Crippen LogP contribution in [0.2, 0.25) is 0 Å². The van der Waals surface area contributed by atoms with Crippen molar-refractivity contribution in [3.05, 3.63) is 41.5 Å². The van der Waals surface area contributed by atoms with E-state index in [9.17, 15) is 9.59 Å². The van der Waals surface area contributed by atoms with Crippen LogP contribution < -0.4 is 9.47 Å². The van der Waals surface area contributed by atoms with Gasteiger partial charge in [-0.3, -0.25) is 9.69 Å². The van der Waals surface area contributed by atoms with Gasteiger partial charge in [0.1, 0.15) is 35.9 Å². The minimum atomic E-state index is -0.890. The molecule has 3 heterocycles. The number of nitrogens with zero attached hydrogens (tertiary/aromatic N) is 1. The summed E-state index contributed by atoms with van der Waals surface area (Å²) in [5, 5.41) is 0. The lowest BCUT2D eigenvalue weighted by molar-refractivity contribution is -0.152. The molecule has 0 aromatic heterocycles. The van der Waals surface area contributed by atoms with Crippen LogP contribution in [0.5, 0.6) is 11.5 Å². The summed E-state index contributed by atoms with van der Waals surface area (Å²) in [7, 11) is 1.51. The van der Waals surface area contributed by atoms with Gasteiger partial charge >= 0.3 is 5.97 Å². The highest BCUT2D eigenvalue weighted by Crippen LogP contribution is 2.34. The summed E-state index contributed by atoms with van der Waals surface area (Å²) in [6, 6.07) is 3.49. The van der Waals surface area contributed by atoms with Crippen LogP contribution >= 0.6 is 0 Å². The van der Waals surface area contributed by atoms with Crippen LogP contribution in [0.25, 0.3) is 6.08 Å². The number of fused-ring (bicyclic) bond motifs is 2. The summed E-state index contributed by atoms with van der Waals surface area (Å²) in [5.41, 5.74) is 0.832. The summed E-state index contributed by atoms with van der Waals surface area (Å²) in [4.78, 5) is 28.8. The van der Waals surface area contributed by atoms with Crippen molar-refractivity contribution in [1.82, 2.24) is 4.90 Å². The lowest BCUT2D eigenvalue weighted by Crippen LogP contribution is -2.38. The molecule has 40 heavy (non-hydrogen) atoms. The van der Waals surface area contributed by atoms with Crippen LogP contribution in [0.1, 0.15) is 50.0 Å². The molecule has 0 saturated carbocycles. The molecule has 1 unspecified atom stereocenters. The van der Waals surface area contributed by atoms with E-state index in [1.54, 1.807) is 45.1 Å². The van der Waals surface area contributed by atoms with Gasteiger partial charge in [-0.05, 0) is 44.9 Å².